The predicted molar refractivity (Wildman–Crippen MR) is 92.9 cm³/mol. The van der Waals surface area contributed by atoms with Gasteiger partial charge in [0.2, 0.25) is 11.6 Å². The molecule has 1 N–H and O–H groups in total. The van der Waals surface area contributed by atoms with Crippen LogP contribution in [0.15, 0.2) is 45.2 Å². The highest BCUT2D eigenvalue weighted by molar-refractivity contribution is 5.55. The lowest BCUT2D eigenvalue weighted by atomic mass is 10.3. The Morgan fingerprint density at radius 3 is 2.62 bits per heavy atom. The molecule has 4 rings (SSSR count). The smallest absolute Gasteiger partial charge is 0.266 e. The van der Waals surface area contributed by atoms with Gasteiger partial charge in [-0.2, -0.15) is 10.2 Å². The molecule has 2 aromatic heterocycles. The van der Waals surface area contributed by atoms with Crippen molar-refractivity contribution in [2.24, 2.45) is 0 Å². The first-order valence-electron chi connectivity index (χ1n) is 8.28. The molecule has 26 heavy (non-hydrogen) atoms. The Morgan fingerprint density at radius 2 is 1.92 bits per heavy atom. The lowest BCUT2D eigenvalue weighted by Gasteiger charge is -2.05. The number of ether oxygens (including phenoxy) is 2. The molecule has 1 aliphatic carbocycles. The molecular weight excluding hydrogens is 334 g/mol. The van der Waals surface area contributed by atoms with E-state index in [1.165, 1.54) is 0 Å². The maximum atomic E-state index is 9.19. The number of rotatable bonds is 7. The summed E-state index contributed by atoms with van der Waals surface area (Å²) in [5.74, 6) is 3.24. The van der Waals surface area contributed by atoms with Gasteiger partial charge in [-0.05, 0) is 49.2 Å². The molecule has 0 atom stereocenters. The zero-order valence-corrected chi connectivity index (χ0v) is 14.2. The molecule has 0 radical (unpaired) electrons. The Kier molecular flexibility index (Phi) is 4.23. The number of oxazole rings is 1. The van der Waals surface area contributed by atoms with E-state index >= 15 is 0 Å². The number of nitriles is 1. The quantitative estimate of drug-likeness (QED) is 0.688. The zero-order chi connectivity index (χ0) is 17.9. The molecule has 132 valence electrons. The largest absolute Gasteiger partial charge is 0.497 e. The number of benzene rings is 1. The van der Waals surface area contributed by atoms with E-state index in [0.717, 1.165) is 18.6 Å². The number of furan rings is 1. The van der Waals surface area contributed by atoms with Crippen LogP contribution in [0.25, 0.3) is 11.7 Å². The van der Waals surface area contributed by atoms with Crippen molar-refractivity contribution < 1.29 is 18.3 Å². The molecule has 0 unspecified atom stereocenters. The number of hydrogen-bond acceptors (Lipinski definition) is 7. The fourth-order valence-corrected chi connectivity index (χ4v) is 2.41. The Balaban J connectivity index is 1.43. The molecular formula is C19H17N3O4. The first-order valence-corrected chi connectivity index (χ1v) is 8.28. The number of anilines is 1. The van der Waals surface area contributed by atoms with Crippen molar-refractivity contribution in [3.05, 3.63) is 47.9 Å². The van der Waals surface area contributed by atoms with Gasteiger partial charge in [0.1, 0.15) is 29.9 Å². The normalized spacial score (nSPS) is 13.2. The van der Waals surface area contributed by atoms with Gasteiger partial charge in [0.25, 0.3) is 5.89 Å². The average Bonchev–Trinajstić information content (AvgIpc) is 3.20. The maximum Gasteiger partial charge on any atom is 0.266 e. The third-order valence-electron chi connectivity index (χ3n) is 3.96. The standard InChI is InChI=1S/C19H17N3O4/c1-23-13-4-6-14(7-5-13)24-11-15-8-9-17(25-15)19-22-16(10-20)18(26-19)21-12-2-3-12/h4-9,12,21H,2-3,11H2,1H3. The summed E-state index contributed by atoms with van der Waals surface area (Å²) in [5, 5.41) is 12.4. The molecule has 0 bridgehead atoms. The van der Waals surface area contributed by atoms with Crippen LogP contribution in [0.1, 0.15) is 24.3 Å². The van der Waals surface area contributed by atoms with Gasteiger partial charge in [-0.3, -0.25) is 0 Å². The predicted octanol–water partition coefficient (Wildman–Crippen LogP) is 3.97. The van der Waals surface area contributed by atoms with E-state index < -0.39 is 0 Å². The number of methoxy groups -OCH3 is 1. The van der Waals surface area contributed by atoms with Crippen LogP contribution in [0.2, 0.25) is 0 Å². The van der Waals surface area contributed by atoms with Gasteiger partial charge in [-0.25, -0.2) is 0 Å². The maximum absolute atomic E-state index is 9.19. The highest BCUT2D eigenvalue weighted by atomic mass is 16.5. The van der Waals surface area contributed by atoms with Crippen LogP contribution in [0.5, 0.6) is 11.5 Å². The lowest BCUT2D eigenvalue weighted by Crippen LogP contribution is -2.00. The van der Waals surface area contributed by atoms with Gasteiger partial charge in [0, 0.05) is 6.04 Å². The molecule has 0 spiro atoms. The van der Waals surface area contributed by atoms with E-state index in [2.05, 4.69) is 10.3 Å². The van der Waals surface area contributed by atoms with Crippen LogP contribution in [0, 0.1) is 11.3 Å². The second-order valence-corrected chi connectivity index (χ2v) is 5.96. The third-order valence-corrected chi connectivity index (χ3v) is 3.96. The zero-order valence-electron chi connectivity index (χ0n) is 14.2. The third kappa shape index (κ3) is 3.49. The van der Waals surface area contributed by atoms with Crippen LogP contribution < -0.4 is 14.8 Å². The molecule has 0 amide bonds. The van der Waals surface area contributed by atoms with Crippen molar-refractivity contribution in [2.45, 2.75) is 25.5 Å². The number of nitrogens with zero attached hydrogens (tertiary/aromatic N) is 2. The number of nitrogens with one attached hydrogen (secondary N) is 1. The van der Waals surface area contributed by atoms with Crippen LogP contribution >= 0.6 is 0 Å². The summed E-state index contributed by atoms with van der Waals surface area (Å²) in [6.45, 7) is 0.269. The highest BCUT2D eigenvalue weighted by Crippen LogP contribution is 2.31. The van der Waals surface area contributed by atoms with E-state index in [9.17, 15) is 5.26 Å². The summed E-state index contributed by atoms with van der Waals surface area (Å²) < 4.78 is 22.2. The summed E-state index contributed by atoms with van der Waals surface area (Å²) in [6, 6.07) is 13.3. The summed E-state index contributed by atoms with van der Waals surface area (Å²) in [6.07, 6.45) is 2.16. The van der Waals surface area contributed by atoms with Crippen LogP contribution in [-0.2, 0) is 6.61 Å². The topological polar surface area (TPSA) is 93.5 Å². The number of aromatic nitrogens is 1. The van der Waals surface area contributed by atoms with Gasteiger partial charge < -0.3 is 23.6 Å². The molecule has 7 heteroatoms. The Bertz CT molecular complexity index is 933. The molecule has 0 saturated heterocycles. The second-order valence-electron chi connectivity index (χ2n) is 5.96. The molecule has 2 heterocycles. The SMILES string of the molecule is COc1ccc(OCc2ccc(-c3nc(C#N)c(NC4CC4)o3)o2)cc1. The molecule has 0 aliphatic heterocycles. The molecule has 1 saturated carbocycles. The van der Waals surface area contributed by atoms with Gasteiger partial charge >= 0.3 is 0 Å². The summed E-state index contributed by atoms with van der Waals surface area (Å²) in [4.78, 5) is 4.19. The summed E-state index contributed by atoms with van der Waals surface area (Å²) in [7, 11) is 1.62. The minimum Gasteiger partial charge on any atom is -0.497 e. The lowest BCUT2D eigenvalue weighted by molar-refractivity contribution is 0.270. The average molecular weight is 351 g/mol. The van der Waals surface area contributed by atoms with Gasteiger partial charge in [0.15, 0.2) is 5.76 Å². The Hall–Kier alpha value is -3.40. The summed E-state index contributed by atoms with van der Waals surface area (Å²) >= 11 is 0. The highest BCUT2D eigenvalue weighted by Gasteiger charge is 2.25. The molecule has 1 aliphatic rings. The van der Waals surface area contributed by atoms with Crippen molar-refractivity contribution in [2.75, 3.05) is 12.4 Å². The number of hydrogen-bond donors (Lipinski definition) is 1. The van der Waals surface area contributed by atoms with E-state index in [4.69, 9.17) is 18.3 Å². The Morgan fingerprint density at radius 1 is 1.15 bits per heavy atom. The minimum absolute atomic E-state index is 0.235. The van der Waals surface area contributed by atoms with E-state index in [0.29, 0.717) is 29.2 Å². The van der Waals surface area contributed by atoms with Crippen molar-refractivity contribution in [1.82, 2.24) is 4.98 Å². The molecule has 1 fully saturated rings. The van der Waals surface area contributed by atoms with E-state index in [1.807, 2.05) is 30.3 Å². The van der Waals surface area contributed by atoms with Crippen molar-refractivity contribution in [3.63, 3.8) is 0 Å². The molecule has 3 aromatic rings. The minimum atomic E-state index is 0.235. The Labute approximate surface area is 150 Å². The van der Waals surface area contributed by atoms with Gasteiger partial charge in [-0.1, -0.05) is 0 Å². The van der Waals surface area contributed by atoms with Crippen LogP contribution in [-0.4, -0.2) is 18.1 Å². The monoisotopic (exact) mass is 351 g/mol. The van der Waals surface area contributed by atoms with Gasteiger partial charge in [0.05, 0.1) is 7.11 Å². The van der Waals surface area contributed by atoms with Crippen molar-refractivity contribution >= 4 is 5.88 Å². The van der Waals surface area contributed by atoms with Gasteiger partial charge in [-0.15, -0.1) is 0 Å². The molecule has 7 nitrogen and oxygen atoms in total. The van der Waals surface area contributed by atoms with Crippen molar-refractivity contribution in [3.8, 4) is 29.2 Å². The first kappa shape index (κ1) is 16.1. The fourth-order valence-electron chi connectivity index (χ4n) is 2.41. The molecule has 1 aromatic carbocycles. The second kappa shape index (κ2) is 6.84. The van der Waals surface area contributed by atoms with Crippen LogP contribution in [0.4, 0.5) is 5.88 Å². The van der Waals surface area contributed by atoms with E-state index in [1.54, 1.807) is 19.2 Å². The van der Waals surface area contributed by atoms with Crippen molar-refractivity contribution in [1.29, 1.82) is 5.26 Å². The fraction of sp³-hybridized carbons (Fsp3) is 0.263. The van der Waals surface area contributed by atoms with Crippen LogP contribution in [0.3, 0.4) is 0 Å². The first-order chi connectivity index (χ1) is 12.7. The summed E-state index contributed by atoms with van der Waals surface area (Å²) in [5.41, 5.74) is 0.235. The van der Waals surface area contributed by atoms with E-state index in [-0.39, 0.29) is 18.2 Å².